The lowest BCUT2D eigenvalue weighted by Crippen LogP contribution is -2.48. The van der Waals surface area contributed by atoms with Crippen molar-refractivity contribution in [2.45, 2.75) is 12.7 Å². The minimum absolute atomic E-state index is 0.156. The number of ether oxygens (including phenoxy) is 2. The molecule has 0 saturated heterocycles. The average Bonchev–Trinajstić information content (AvgIpc) is 2.78. The van der Waals surface area contributed by atoms with E-state index in [0.717, 1.165) is 16.1 Å². The Kier molecular flexibility index (Phi) is 6.25. The van der Waals surface area contributed by atoms with Gasteiger partial charge in [0.2, 0.25) is 10.0 Å². The van der Waals surface area contributed by atoms with E-state index in [1.54, 1.807) is 36.4 Å². The number of fused-ring (bicyclic) bond motifs is 1. The third-order valence-corrected chi connectivity index (χ3v) is 6.24. The molecule has 0 aliphatic carbocycles. The predicted molar refractivity (Wildman–Crippen MR) is 124 cm³/mol. The SMILES string of the molecule is CS(=O)(=O)N1CC(C(=O)Nc2ccc(OCc3ccccc3)cc2)Oc2ccc(Cl)cc21. The molecule has 3 aromatic rings. The van der Waals surface area contributed by atoms with Crippen molar-refractivity contribution in [2.24, 2.45) is 0 Å². The summed E-state index contributed by atoms with van der Waals surface area (Å²) in [4.78, 5) is 12.8. The van der Waals surface area contributed by atoms with E-state index in [4.69, 9.17) is 21.1 Å². The molecular weight excluding hydrogens is 452 g/mol. The molecular formula is C23H21ClN2O5S. The fourth-order valence-electron chi connectivity index (χ4n) is 3.27. The van der Waals surface area contributed by atoms with Crippen molar-refractivity contribution < 1.29 is 22.7 Å². The van der Waals surface area contributed by atoms with E-state index < -0.39 is 22.0 Å². The number of benzene rings is 3. The van der Waals surface area contributed by atoms with Gasteiger partial charge in [-0.25, -0.2) is 8.42 Å². The maximum absolute atomic E-state index is 12.8. The quantitative estimate of drug-likeness (QED) is 0.584. The van der Waals surface area contributed by atoms with Gasteiger partial charge in [-0.3, -0.25) is 9.10 Å². The Morgan fingerprint density at radius 1 is 1.12 bits per heavy atom. The molecule has 1 heterocycles. The van der Waals surface area contributed by atoms with Gasteiger partial charge in [-0.1, -0.05) is 41.9 Å². The van der Waals surface area contributed by atoms with Crippen LogP contribution in [-0.4, -0.2) is 33.2 Å². The molecule has 1 aliphatic rings. The van der Waals surface area contributed by atoms with Gasteiger partial charge in [0.05, 0.1) is 18.5 Å². The van der Waals surface area contributed by atoms with E-state index in [0.29, 0.717) is 28.8 Å². The summed E-state index contributed by atoms with van der Waals surface area (Å²) in [5, 5.41) is 3.13. The van der Waals surface area contributed by atoms with Crippen molar-refractivity contribution in [3.8, 4) is 11.5 Å². The van der Waals surface area contributed by atoms with Crippen LogP contribution in [0.5, 0.6) is 11.5 Å². The molecule has 0 spiro atoms. The van der Waals surface area contributed by atoms with E-state index in [9.17, 15) is 13.2 Å². The lowest BCUT2D eigenvalue weighted by atomic mass is 10.2. The van der Waals surface area contributed by atoms with E-state index >= 15 is 0 Å². The first-order chi connectivity index (χ1) is 15.3. The number of carbonyl (C=O) groups is 1. The van der Waals surface area contributed by atoms with Crippen LogP contribution in [0.1, 0.15) is 5.56 Å². The van der Waals surface area contributed by atoms with Crippen LogP contribution in [0.15, 0.2) is 72.8 Å². The van der Waals surface area contributed by atoms with Crippen LogP contribution in [-0.2, 0) is 21.4 Å². The number of anilines is 2. The Labute approximate surface area is 191 Å². The fraction of sp³-hybridized carbons (Fsp3) is 0.174. The maximum atomic E-state index is 12.8. The first kappa shape index (κ1) is 22.0. The molecule has 0 aromatic heterocycles. The van der Waals surface area contributed by atoms with Gasteiger partial charge in [0.15, 0.2) is 6.10 Å². The minimum atomic E-state index is -3.63. The van der Waals surface area contributed by atoms with Crippen molar-refractivity contribution in [2.75, 3.05) is 22.4 Å². The highest BCUT2D eigenvalue weighted by molar-refractivity contribution is 7.92. The molecule has 32 heavy (non-hydrogen) atoms. The second-order valence-corrected chi connectivity index (χ2v) is 9.64. The molecule has 1 N–H and O–H groups in total. The molecule has 0 radical (unpaired) electrons. The van der Waals surface area contributed by atoms with Crippen molar-refractivity contribution in [3.05, 3.63) is 83.4 Å². The monoisotopic (exact) mass is 472 g/mol. The molecule has 166 valence electrons. The van der Waals surface area contributed by atoms with Gasteiger partial charge in [-0.2, -0.15) is 0 Å². The van der Waals surface area contributed by atoms with Crippen molar-refractivity contribution in [1.29, 1.82) is 0 Å². The molecule has 1 aliphatic heterocycles. The predicted octanol–water partition coefficient (Wildman–Crippen LogP) is 4.08. The van der Waals surface area contributed by atoms with E-state index in [2.05, 4.69) is 5.32 Å². The molecule has 0 bridgehead atoms. The summed E-state index contributed by atoms with van der Waals surface area (Å²) in [5.74, 6) is 0.475. The molecule has 0 saturated carbocycles. The summed E-state index contributed by atoms with van der Waals surface area (Å²) in [6, 6.07) is 21.3. The Hall–Kier alpha value is -3.23. The molecule has 3 aromatic carbocycles. The van der Waals surface area contributed by atoms with Crippen LogP contribution < -0.4 is 19.1 Å². The zero-order valence-electron chi connectivity index (χ0n) is 17.2. The third kappa shape index (κ3) is 5.15. The number of hydrogen-bond acceptors (Lipinski definition) is 5. The number of nitrogens with zero attached hydrogens (tertiary/aromatic N) is 1. The zero-order valence-corrected chi connectivity index (χ0v) is 18.8. The number of sulfonamides is 1. The van der Waals surface area contributed by atoms with Crippen LogP contribution >= 0.6 is 11.6 Å². The van der Waals surface area contributed by atoms with Gasteiger partial charge in [0.25, 0.3) is 5.91 Å². The average molecular weight is 473 g/mol. The summed E-state index contributed by atoms with van der Waals surface area (Å²) in [7, 11) is -3.63. The van der Waals surface area contributed by atoms with Gasteiger partial charge in [-0.05, 0) is 48.0 Å². The highest BCUT2D eigenvalue weighted by atomic mass is 35.5. The molecule has 7 nitrogen and oxygen atoms in total. The highest BCUT2D eigenvalue weighted by Gasteiger charge is 2.35. The second-order valence-electron chi connectivity index (χ2n) is 7.30. The van der Waals surface area contributed by atoms with Crippen LogP contribution in [0.2, 0.25) is 5.02 Å². The van der Waals surface area contributed by atoms with E-state index in [1.807, 2.05) is 30.3 Å². The van der Waals surface area contributed by atoms with Crippen molar-refractivity contribution in [1.82, 2.24) is 0 Å². The standard InChI is InChI=1S/C23H21ClN2O5S/c1-32(28,29)26-14-22(31-21-12-7-17(24)13-20(21)26)23(27)25-18-8-10-19(11-9-18)30-15-16-5-3-2-4-6-16/h2-13,22H,14-15H2,1H3,(H,25,27). The number of amides is 1. The van der Waals surface area contributed by atoms with Crippen molar-refractivity contribution in [3.63, 3.8) is 0 Å². The summed E-state index contributed by atoms with van der Waals surface area (Å²) in [6.07, 6.45) is 0.0546. The summed E-state index contributed by atoms with van der Waals surface area (Å²) < 4.78 is 37.2. The summed E-state index contributed by atoms with van der Waals surface area (Å²) in [6.45, 7) is 0.281. The number of halogens is 1. The maximum Gasteiger partial charge on any atom is 0.267 e. The van der Waals surface area contributed by atoms with Crippen LogP contribution in [0.25, 0.3) is 0 Å². The zero-order chi connectivity index (χ0) is 22.7. The summed E-state index contributed by atoms with van der Waals surface area (Å²) >= 11 is 6.00. The smallest absolute Gasteiger partial charge is 0.267 e. The molecule has 4 rings (SSSR count). The molecule has 9 heteroatoms. The van der Waals surface area contributed by atoms with Gasteiger partial charge in [-0.15, -0.1) is 0 Å². The van der Waals surface area contributed by atoms with Gasteiger partial charge in [0, 0.05) is 10.7 Å². The highest BCUT2D eigenvalue weighted by Crippen LogP contribution is 2.37. The summed E-state index contributed by atoms with van der Waals surface area (Å²) in [5.41, 5.74) is 1.90. The normalized spacial score (nSPS) is 15.4. The molecule has 0 fully saturated rings. The second kappa shape index (κ2) is 9.10. The molecule has 1 unspecified atom stereocenters. The van der Waals surface area contributed by atoms with E-state index in [1.165, 1.54) is 6.07 Å². The largest absolute Gasteiger partial charge is 0.489 e. The Morgan fingerprint density at radius 3 is 2.53 bits per heavy atom. The Bertz CT molecular complexity index is 1220. The van der Waals surface area contributed by atoms with Gasteiger partial charge >= 0.3 is 0 Å². The minimum Gasteiger partial charge on any atom is -0.489 e. The fourth-order valence-corrected chi connectivity index (χ4v) is 4.35. The van der Waals surface area contributed by atoms with Crippen LogP contribution in [0, 0.1) is 0 Å². The Balaban J connectivity index is 1.43. The topological polar surface area (TPSA) is 84.9 Å². The lowest BCUT2D eigenvalue weighted by Gasteiger charge is -2.34. The van der Waals surface area contributed by atoms with E-state index in [-0.39, 0.29) is 12.3 Å². The van der Waals surface area contributed by atoms with Crippen molar-refractivity contribution >= 4 is 38.9 Å². The van der Waals surface area contributed by atoms with Crippen LogP contribution in [0.3, 0.4) is 0 Å². The number of rotatable bonds is 6. The van der Waals surface area contributed by atoms with Gasteiger partial charge in [0.1, 0.15) is 18.1 Å². The first-order valence-electron chi connectivity index (χ1n) is 9.81. The number of carbonyl (C=O) groups excluding carboxylic acids is 1. The van der Waals surface area contributed by atoms with Crippen LogP contribution in [0.4, 0.5) is 11.4 Å². The Morgan fingerprint density at radius 2 is 1.84 bits per heavy atom. The number of nitrogens with one attached hydrogen (secondary N) is 1. The third-order valence-electron chi connectivity index (χ3n) is 4.85. The lowest BCUT2D eigenvalue weighted by molar-refractivity contribution is -0.122. The molecule has 1 amide bonds. The first-order valence-corrected chi connectivity index (χ1v) is 12.0. The van der Waals surface area contributed by atoms with Gasteiger partial charge < -0.3 is 14.8 Å². The number of hydrogen-bond donors (Lipinski definition) is 1. The molecule has 1 atom stereocenters.